The van der Waals surface area contributed by atoms with Gasteiger partial charge in [0.1, 0.15) is 12.2 Å². The van der Waals surface area contributed by atoms with Crippen LogP contribution in [-0.2, 0) is 11.2 Å². The van der Waals surface area contributed by atoms with E-state index in [-0.39, 0.29) is 12.2 Å². The van der Waals surface area contributed by atoms with Gasteiger partial charge in [0, 0.05) is 16.1 Å². The molecular formula is C20H15BrN2O4. The number of pyridine rings is 1. The molecule has 1 unspecified atom stereocenters. The summed E-state index contributed by atoms with van der Waals surface area (Å²) in [6, 6.07) is 14.2. The predicted molar refractivity (Wildman–Crippen MR) is 104 cm³/mol. The van der Waals surface area contributed by atoms with Crippen molar-refractivity contribution in [1.82, 2.24) is 9.88 Å². The number of imide groups is 1. The molecule has 1 N–H and O–H groups in total. The minimum Gasteiger partial charge on any atom is -0.447 e. The molecule has 0 bridgehead atoms. The van der Waals surface area contributed by atoms with Gasteiger partial charge in [0.2, 0.25) is 5.43 Å². The van der Waals surface area contributed by atoms with Gasteiger partial charge in [0.25, 0.3) is 5.91 Å². The number of aromatic amines is 1. The highest BCUT2D eigenvalue weighted by molar-refractivity contribution is 9.10. The van der Waals surface area contributed by atoms with Gasteiger partial charge in [-0.15, -0.1) is 0 Å². The summed E-state index contributed by atoms with van der Waals surface area (Å²) in [4.78, 5) is 42.0. The third-order valence-corrected chi connectivity index (χ3v) is 5.25. The molecule has 27 heavy (non-hydrogen) atoms. The van der Waals surface area contributed by atoms with Crippen LogP contribution in [-0.4, -0.2) is 34.5 Å². The number of amides is 2. The summed E-state index contributed by atoms with van der Waals surface area (Å²) in [7, 11) is 0. The number of benzene rings is 2. The van der Waals surface area contributed by atoms with Crippen LogP contribution in [0.5, 0.6) is 0 Å². The molecule has 0 saturated carbocycles. The highest BCUT2D eigenvalue weighted by Crippen LogP contribution is 2.22. The third kappa shape index (κ3) is 3.14. The first-order valence-corrected chi connectivity index (χ1v) is 9.19. The van der Waals surface area contributed by atoms with Crippen LogP contribution in [0.4, 0.5) is 4.79 Å². The maximum Gasteiger partial charge on any atom is 0.417 e. The number of ether oxygens (including phenoxy) is 1. The summed E-state index contributed by atoms with van der Waals surface area (Å²) in [5.41, 5.74) is 1.07. The van der Waals surface area contributed by atoms with Gasteiger partial charge in [-0.05, 0) is 40.0 Å². The smallest absolute Gasteiger partial charge is 0.417 e. The topological polar surface area (TPSA) is 79.5 Å². The zero-order valence-corrected chi connectivity index (χ0v) is 15.7. The van der Waals surface area contributed by atoms with E-state index in [2.05, 4.69) is 20.9 Å². The number of aromatic nitrogens is 1. The lowest BCUT2D eigenvalue weighted by molar-refractivity contribution is 0.0773. The van der Waals surface area contributed by atoms with Gasteiger partial charge in [-0.3, -0.25) is 9.59 Å². The standard InChI is InChI=1S/C20H15BrN2O4/c21-16-8-4-7-14-17(16)22-10-15(18(14)24)19(25)23-13(11-27-20(23)26)9-12-5-2-1-3-6-12/h1-8,10,13H,9,11H2,(H,22,24). The van der Waals surface area contributed by atoms with Crippen LogP contribution in [0.3, 0.4) is 0 Å². The zero-order valence-electron chi connectivity index (χ0n) is 14.1. The van der Waals surface area contributed by atoms with Crippen molar-refractivity contribution in [1.29, 1.82) is 0 Å². The molecular weight excluding hydrogens is 412 g/mol. The van der Waals surface area contributed by atoms with Crippen molar-refractivity contribution in [3.63, 3.8) is 0 Å². The first-order chi connectivity index (χ1) is 13.1. The molecule has 0 aliphatic carbocycles. The van der Waals surface area contributed by atoms with Crippen molar-refractivity contribution >= 4 is 38.8 Å². The first-order valence-electron chi connectivity index (χ1n) is 8.40. The molecule has 136 valence electrons. The number of H-pyrrole nitrogens is 1. The summed E-state index contributed by atoms with van der Waals surface area (Å²) in [5, 5.41) is 0.377. The van der Waals surface area contributed by atoms with Crippen LogP contribution in [0.1, 0.15) is 15.9 Å². The van der Waals surface area contributed by atoms with E-state index < -0.39 is 23.5 Å². The normalized spacial score (nSPS) is 16.6. The van der Waals surface area contributed by atoms with Crippen molar-refractivity contribution in [3.05, 3.63) is 80.6 Å². The van der Waals surface area contributed by atoms with E-state index in [1.54, 1.807) is 18.2 Å². The molecule has 1 aliphatic heterocycles. The van der Waals surface area contributed by atoms with Gasteiger partial charge in [0.15, 0.2) is 0 Å². The number of rotatable bonds is 3. The van der Waals surface area contributed by atoms with Crippen molar-refractivity contribution in [2.45, 2.75) is 12.5 Å². The summed E-state index contributed by atoms with van der Waals surface area (Å²) >= 11 is 3.38. The second-order valence-corrected chi connectivity index (χ2v) is 7.14. The minimum atomic E-state index is -0.727. The molecule has 2 aromatic carbocycles. The molecule has 2 heterocycles. The lowest BCUT2D eigenvalue weighted by Gasteiger charge is -2.19. The molecule has 3 aromatic rings. The van der Waals surface area contributed by atoms with Crippen LogP contribution in [0.2, 0.25) is 0 Å². The third-order valence-electron chi connectivity index (χ3n) is 4.59. The van der Waals surface area contributed by atoms with Crippen LogP contribution < -0.4 is 5.43 Å². The number of nitrogens with one attached hydrogen (secondary N) is 1. The van der Waals surface area contributed by atoms with Gasteiger partial charge >= 0.3 is 6.09 Å². The zero-order chi connectivity index (χ0) is 19.0. The molecule has 6 nitrogen and oxygen atoms in total. The highest BCUT2D eigenvalue weighted by atomic mass is 79.9. The average Bonchev–Trinajstić information content (AvgIpc) is 3.03. The summed E-state index contributed by atoms with van der Waals surface area (Å²) in [5.74, 6) is -0.651. The van der Waals surface area contributed by atoms with Gasteiger partial charge in [-0.2, -0.15) is 0 Å². The first kappa shape index (κ1) is 17.5. The fourth-order valence-corrected chi connectivity index (χ4v) is 3.73. The number of hydrogen-bond donors (Lipinski definition) is 1. The lowest BCUT2D eigenvalue weighted by Crippen LogP contribution is -2.42. The second kappa shape index (κ2) is 7.00. The molecule has 1 saturated heterocycles. The summed E-state index contributed by atoms with van der Waals surface area (Å²) in [6.45, 7) is 0.108. The van der Waals surface area contributed by atoms with Crippen LogP contribution in [0, 0.1) is 0 Å². The van der Waals surface area contributed by atoms with E-state index in [1.807, 2.05) is 30.3 Å². The SMILES string of the molecule is O=C1OCC(Cc2ccccc2)N1C(=O)c1c[nH]c2c(Br)cccc2c1=O. The van der Waals surface area contributed by atoms with Crippen LogP contribution in [0.15, 0.2) is 64.0 Å². The molecule has 1 aromatic heterocycles. The molecule has 2 amide bonds. The van der Waals surface area contributed by atoms with Crippen LogP contribution >= 0.6 is 15.9 Å². The monoisotopic (exact) mass is 426 g/mol. The maximum absolute atomic E-state index is 13.0. The Morgan fingerprint density at radius 2 is 1.93 bits per heavy atom. The minimum absolute atomic E-state index is 0.0856. The van der Waals surface area contributed by atoms with Gasteiger partial charge in [0.05, 0.1) is 11.6 Å². The number of carbonyl (C=O) groups is 2. The van der Waals surface area contributed by atoms with E-state index in [4.69, 9.17) is 4.74 Å². The summed E-state index contributed by atoms with van der Waals surface area (Å²) < 4.78 is 5.81. The quantitative estimate of drug-likeness (QED) is 0.694. The summed E-state index contributed by atoms with van der Waals surface area (Å²) in [6.07, 6.45) is 1.09. The molecule has 1 fully saturated rings. The Kier molecular flexibility index (Phi) is 4.53. The van der Waals surface area contributed by atoms with E-state index in [0.29, 0.717) is 17.3 Å². The van der Waals surface area contributed by atoms with Crippen molar-refractivity contribution in [2.24, 2.45) is 0 Å². The van der Waals surface area contributed by atoms with Gasteiger partial charge < -0.3 is 9.72 Å². The number of para-hydroxylation sites is 1. The van der Waals surface area contributed by atoms with Crippen molar-refractivity contribution in [3.8, 4) is 0 Å². The van der Waals surface area contributed by atoms with E-state index in [0.717, 1.165) is 14.9 Å². The van der Waals surface area contributed by atoms with Crippen molar-refractivity contribution in [2.75, 3.05) is 6.61 Å². The molecule has 4 rings (SSSR count). The van der Waals surface area contributed by atoms with Crippen LogP contribution in [0.25, 0.3) is 10.9 Å². The van der Waals surface area contributed by atoms with E-state index >= 15 is 0 Å². The highest BCUT2D eigenvalue weighted by Gasteiger charge is 2.39. The predicted octanol–water partition coefficient (Wildman–Crippen LogP) is 3.49. The largest absolute Gasteiger partial charge is 0.447 e. The molecule has 1 aliphatic rings. The number of carbonyl (C=O) groups excluding carboxylic acids is 2. The maximum atomic E-state index is 13.0. The van der Waals surface area contributed by atoms with E-state index in [1.165, 1.54) is 6.20 Å². The Balaban J connectivity index is 1.70. The van der Waals surface area contributed by atoms with E-state index in [9.17, 15) is 14.4 Å². The Bertz CT molecular complexity index is 1090. The number of nitrogens with zero attached hydrogens (tertiary/aromatic N) is 1. The van der Waals surface area contributed by atoms with Gasteiger partial charge in [-0.1, -0.05) is 36.4 Å². The number of fused-ring (bicyclic) bond motifs is 1. The number of cyclic esters (lactones) is 1. The lowest BCUT2D eigenvalue weighted by atomic mass is 10.0. The fraction of sp³-hybridized carbons (Fsp3) is 0.150. The van der Waals surface area contributed by atoms with Gasteiger partial charge in [-0.25, -0.2) is 9.69 Å². The fourth-order valence-electron chi connectivity index (χ4n) is 3.25. The molecule has 7 heteroatoms. The Morgan fingerprint density at radius 1 is 1.15 bits per heavy atom. The number of hydrogen-bond acceptors (Lipinski definition) is 4. The molecule has 1 atom stereocenters. The Labute approximate surface area is 162 Å². The number of halogens is 1. The van der Waals surface area contributed by atoms with Crippen molar-refractivity contribution < 1.29 is 14.3 Å². The second-order valence-electron chi connectivity index (χ2n) is 6.29. The molecule has 0 radical (unpaired) electrons. The molecule has 0 spiro atoms. The average molecular weight is 427 g/mol. The Hall–Kier alpha value is -2.93. The Morgan fingerprint density at radius 3 is 2.70 bits per heavy atom.